The second-order valence-electron chi connectivity index (χ2n) is 4.64. The molecule has 0 bridgehead atoms. The van der Waals surface area contributed by atoms with Gasteiger partial charge in [-0.1, -0.05) is 0 Å². The Morgan fingerprint density at radius 2 is 0.375 bits per heavy atom. The topological polar surface area (TPSA) is 0 Å². The zero-order valence-corrected chi connectivity index (χ0v) is 10.8. The first-order valence-electron chi connectivity index (χ1n) is 5.89. The van der Waals surface area contributed by atoms with Gasteiger partial charge in [0, 0.05) is 10.8 Å². The smallest absolute Gasteiger partial charge is 0.198 e. The number of rotatable bonds is 0. The number of fused-ring (bicyclic) bond motifs is 3. The first-order chi connectivity index (χ1) is 11.1. The maximum Gasteiger partial charge on any atom is 0.198 e. The first-order valence-corrected chi connectivity index (χ1v) is 5.89. The molecule has 0 aliphatic heterocycles. The molecule has 0 spiro atoms. The maximum atomic E-state index is 13.8. The summed E-state index contributed by atoms with van der Waals surface area (Å²) < 4.78 is 136. The summed E-state index contributed by atoms with van der Waals surface area (Å²) in [7, 11) is 0. The summed E-state index contributed by atoms with van der Waals surface area (Å²) in [6, 6.07) is 0. The van der Waals surface area contributed by atoms with Gasteiger partial charge in [-0.2, -0.15) is 0 Å². The molecule has 0 atom stereocenters. The number of hydrogen-bond acceptors (Lipinski definition) is 0. The summed E-state index contributed by atoms with van der Waals surface area (Å²) >= 11 is 0. The highest BCUT2D eigenvalue weighted by molar-refractivity contribution is 6.09. The van der Waals surface area contributed by atoms with Gasteiger partial charge in [0.2, 0.25) is 0 Å². The van der Waals surface area contributed by atoms with Crippen LogP contribution in [0.15, 0.2) is 0 Å². The lowest BCUT2D eigenvalue weighted by Crippen LogP contribution is -2.07. The summed E-state index contributed by atoms with van der Waals surface area (Å²) in [5.74, 6) is -24.9. The third-order valence-corrected chi connectivity index (χ3v) is 3.42. The largest absolute Gasteiger partial charge is 0.203 e. The molecule has 24 heavy (non-hydrogen) atoms. The highest BCUT2D eigenvalue weighted by Crippen LogP contribution is 2.40. The number of hydrogen-bond donors (Lipinski definition) is 0. The Balaban J connectivity index is 2.87. The van der Waals surface area contributed by atoms with Gasteiger partial charge >= 0.3 is 0 Å². The van der Waals surface area contributed by atoms with Crippen molar-refractivity contribution in [2.75, 3.05) is 0 Å². The van der Waals surface area contributed by atoms with Crippen molar-refractivity contribution in [2.45, 2.75) is 0 Å². The van der Waals surface area contributed by atoms with Gasteiger partial charge in [-0.05, 0) is 0 Å². The minimum atomic E-state index is -2.56. The summed E-state index contributed by atoms with van der Waals surface area (Å²) in [4.78, 5) is 0. The van der Waals surface area contributed by atoms with Crippen LogP contribution >= 0.6 is 0 Å². The molecule has 0 aliphatic carbocycles. The zero-order valence-electron chi connectivity index (χ0n) is 10.8. The molecule has 3 aromatic carbocycles. The Labute approximate surface area is 124 Å². The predicted molar refractivity (Wildman–Crippen MR) is 61.0 cm³/mol. The summed E-state index contributed by atoms with van der Waals surface area (Å²) in [6.07, 6.45) is 0. The molecule has 0 aromatic heterocycles. The van der Waals surface area contributed by atoms with Crippen LogP contribution in [-0.2, 0) is 0 Å². The summed E-state index contributed by atoms with van der Waals surface area (Å²) in [5.41, 5.74) is 0. The van der Waals surface area contributed by atoms with Gasteiger partial charge in [0.05, 0.1) is 10.8 Å². The Morgan fingerprint density at radius 1 is 0.208 bits per heavy atom. The van der Waals surface area contributed by atoms with Crippen molar-refractivity contribution >= 4 is 21.5 Å². The van der Waals surface area contributed by atoms with Crippen molar-refractivity contribution in [3.8, 4) is 0 Å². The van der Waals surface area contributed by atoms with Gasteiger partial charge < -0.3 is 0 Å². The van der Waals surface area contributed by atoms with E-state index in [1.165, 1.54) is 0 Å². The standard InChI is InChI=1S/C14F10/c15-5-1-2-4(10(20)14(24)12(22)6(2)16)8(18)7(17)3(1)9(19)13(23)11(5)21. The fraction of sp³-hybridized carbons (Fsp3) is 0. The van der Waals surface area contributed by atoms with E-state index in [1.807, 2.05) is 0 Å². The first kappa shape index (κ1) is 16.3. The molecule has 3 aromatic rings. The molecule has 0 aliphatic rings. The Morgan fingerprint density at radius 3 is 0.625 bits per heavy atom. The van der Waals surface area contributed by atoms with Crippen LogP contribution in [0.2, 0.25) is 0 Å². The van der Waals surface area contributed by atoms with Crippen LogP contribution in [0, 0.1) is 58.2 Å². The fourth-order valence-electron chi connectivity index (χ4n) is 2.36. The predicted octanol–water partition coefficient (Wildman–Crippen LogP) is 5.38. The van der Waals surface area contributed by atoms with Crippen molar-refractivity contribution in [1.82, 2.24) is 0 Å². The highest BCUT2D eigenvalue weighted by atomic mass is 19.2. The van der Waals surface area contributed by atoms with E-state index in [9.17, 15) is 43.9 Å². The highest BCUT2D eigenvalue weighted by Gasteiger charge is 2.32. The van der Waals surface area contributed by atoms with Crippen LogP contribution in [0.4, 0.5) is 43.9 Å². The normalized spacial score (nSPS) is 11.8. The van der Waals surface area contributed by atoms with Gasteiger partial charge in [0.15, 0.2) is 58.2 Å². The SMILES string of the molecule is Fc1c(F)c(F)c2c(c1F)c(F)c(F)c1c(F)c(F)c(F)c(F)c12. The molecule has 3 rings (SSSR count). The minimum Gasteiger partial charge on any atom is -0.203 e. The van der Waals surface area contributed by atoms with Gasteiger partial charge in [0.25, 0.3) is 0 Å². The van der Waals surface area contributed by atoms with E-state index in [0.717, 1.165) is 0 Å². The van der Waals surface area contributed by atoms with E-state index in [-0.39, 0.29) is 0 Å². The van der Waals surface area contributed by atoms with Gasteiger partial charge in [-0.25, -0.2) is 43.9 Å². The van der Waals surface area contributed by atoms with Gasteiger partial charge in [-0.15, -0.1) is 0 Å². The van der Waals surface area contributed by atoms with E-state index in [2.05, 4.69) is 0 Å². The molecule has 0 amide bonds. The summed E-state index contributed by atoms with van der Waals surface area (Å²) in [5, 5.41) is -7.45. The third-order valence-electron chi connectivity index (χ3n) is 3.42. The van der Waals surface area contributed by atoms with E-state index in [1.54, 1.807) is 0 Å². The van der Waals surface area contributed by atoms with Crippen LogP contribution in [0.25, 0.3) is 21.5 Å². The van der Waals surface area contributed by atoms with Crippen LogP contribution in [0.1, 0.15) is 0 Å². The summed E-state index contributed by atoms with van der Waals surface area (Å²) in [6.45, 7) is 0. The van der Waals surface area contributed by atoms with Crippen molar-refractivity contribution in [3.63, 3.8) is 0 Å². The van der Waals surface area contributed by atoms with Crippen LogP contribution in [0.3, 0.4) is 0 Å². The average Bonchev–Trinajstić information content (AvgIpc) is 2.56. The zero-order chi connectivity index (χ0) is 18.1. The lowest BCUT2D eigenvalue weighted by Gasteiger charge is -2.13. The fourth-order valence-corrected chi connectivity index (χ4v) is 2.36. The van der Waals surface area contributed by atoms with E-state index >= 15 is 0 Å². The molecule has 10 heteroatoms. The average molecular weight is 358 g/mol. The molecule has 0 unspecified atom stereocenters. The van der Waals surface area contributed by atoms with E-state index in [0.29, 0.717) is 0 Å². The van der Waals surface area contributed by atoms with E-state index < -0.39 is 79.7 Å². The molecular weight excluding hydrogens is 358 g/mol. The van der Waals surface area contributed by atoms with Gasteiger partial charge in [-0.3, -0.25) is 0 Å². The number of halogens is 10. The number of benzene rings is 3. The van der Waals surface area contributed by atoms with Crippen LogP contribution in [-0.4, -0.2) is 0 Å². The van der Waals surface area contributed by atoms with Gasteiger partial charge in [0.1, 0.15) is 0 Å². The minimum absolute atomic E-state index is 1.81. The van der Waals surface area contributed by atoms with Crippen molar-refractivity contribution < 1.29 is 43.9 Å². The molecule has 0 heterocycles. The molecular formula is C14F10. The molecule has 0 N–H and O–H groups in total. The lowest BCUT2D eigenvalue weighted by molar-refractivity contribution is 0.409. The molecule has 0 radical (unpaired) electrons. The Kier molecular flexibility index (Phi) is 3.40. The van der Waals surface area contributed by atoms with Crippen LogP contribution in [0.5, 0.6) is 0 Å². The molecule has 0 saturated heterocycles. The van der Waals surface area contributed by atoms with Crippen molar-refractivity contribution in [2.24, 2.45) is 0 Å². The second kappa shape index (κ2) is 4.99. The molecule has 0 fully saturated rings. The lowest BCUT2D eigenvalue weighted by atomic mass is 9.98. The van der Waals surface area contributed by atoms with E-state index in [4.69, 9.17) is 0 Å². The third kappa shape index (κ3) is 1.76. The van der Waals surface area contributed by atoms with Crippen LogP contribution < -0.4 is 0 Å². The molecule has 126 valence electrons. The molecule has 0 saturated carbocycles. The monoisotopic (exact) mass is 358 g/mol. The van der Waals surface area contributed by atoms with Crippen molar-refractivity contribution in [3.05, 3.63) is 58.2 Å². The Hall–Kier alpha value is -2.52. The van der Waals surface area contributed by atoms with Crippen molar-refractivity contribution in [1.29, 1.82) is 0 Å². The second-order valence-corrected chi connectivity index (χ2v) is 4.64. The maximum absolute atomic E-state index is 13.8. The molecule has 0 nitrogen and oxygen atoms in total. The quantitative estimate of drug-likeness (QED) is 0.219. The Bertz CT molecular complexity index is 969.